The maximum Gasteiger partial charge on any atom is 0.161 e. The summed E-state index contributed by atoms with van der Waals surface area (Å²) in [5, 5.41) is 0. The number of carbonyl (C=O) groups excluding carboxylic acids is 1. The van der Waals surface area contributed by atoms with Crippen LogP contribution in [0.2, 0.25) is 0 Å². The van der Waals surface area contributed by atoms with Crippen molar-refractivity contribution in [1.82, 2.24) is 0 Å². The van der Waals surface area contributed by atoms with E-state index < -0.39 is 0 Å². The number of carbonyl (C=O) groups is 1. The molecule has 0 saturated heterocycles. The van der Waals surface area contributed by atoms with Crippen molar-refractivity contribution >= 4 is 17.6 Å². The lowest BCUT2D eigenvalue weighted by atomic mass is 10.2. The molecule has 19 heavy (non-hydrogen) atoms. The van der Waals surface area contributed by atoms with Gasteiger partial charge < -0.3 is 9.47 Å². The molecule has 0 unspecified atom stereocenters. The first kappa shape index (κ1) is 13.6. The van der Waals surface area contributed by atoms with Gasteiger partial charge in [0.1, 0.15) is 6.61 Å². The quantitative estimate of drug-likeness (QED) is 0.754. The van der Waals surface area contributed by atoms with Gasteiger partial charge in [0.25, 0.3) is 0 Å². The minimum Gasteiger partial charge on any atom is -0.493 e. The van der Waals surface area contributed by atoms with Gasteiger partial charge in [-0.1, -0.05) is 19.1 Å². The van der Waals surface area contributed by atoms with Gasteiger partial charge in [-0.3, -0.25) is 4.79 Å². The first-order valence-electron chi connectivity index (χ1n) is 6.11. The summed E-state index contributed by atoms with van der Waals surface area (Å²) in [4.78, 5) is 12.7. The van der Waals surface area contributed by atoms with Crippen LogP contribution in [0, 0.1) is 0 Å². The number of ether oxygens (including phenoxy) is 2. The Labute approximate surface area is 116 Å². The number of methoxy groups -OCH3 is 1. The highest BCUT2D eigenvalue weighted by Crippen LogP contribution is 2.28. The molecule has 1 aromatic carbocycles. The first-order valence-corrected chi connectivity index (χ1v) is 6.92. The highest BCUT2D eigenvalue weighted by Gasteiger charge is 2.09. The van der Waals surface area contributed by atoms with Crippen LogP contribution in [0.5, 0.6) is 11.5 Å². The van der Waals surface area contributed by atoms with Crippen LogP contribution in [0.25, 0.3) is 0 Å². The van der Waals surface area contributed by atoms with Crippen LogP contribution in [-0.2, 0) is 13.0 Å². The van der Waals surface area contributed by atoms with Gasteiger partial charge in [0.05, 0.1) is 12.0 Å². The first-order chi connectivity index (χ1) is 9.28. The van der Waals surface area contributed by atoms with E-state index in [1.54, 1.807) is 7.11 Å². The van der Waals surface area contributed by atoms with E-state index in [-0.39, 0.29) is 0 Å². The third-order valence-electron chi connectivity index (χ3n) is 2.81. The zero-order valence-corrected chi connectivity index (χ0v) is 11.8. The molecule has 3 nitrogen and oxygen atoms in total. The van der Waals surface area contributed by atoms with E-state index in [4.69, 9.17) is 9.47 Å². The molecule has 0 aliphatic heterocycles. The second-order valence-corrected chi connectivity index (χ2v) is 5.18. The Balaban J connectivity index is 2.13. The van der Waals surface area contributed by atoms with Crippen molar-refractivity contribution in [3.05, 3.63) is 45.6 Å². The zero-order chi connectivity index (χ0) is 13.7. The average molecular weight is 276 g/mol. The molecule has 1 aromatic heterocycles. The topological polar surface area (TPSA) is 35.5 Å². The third kappa shape index (κ3) is 3.15. The van der Waals surface area contributed by atoms with Crippen LogP contribution in [-0.4, -0.2) is 13.4 Å². The van der Waals surface area contributed by atoms with Gasteiger partial charge in [-0.25, -0.2) is 0 Å². The fraction of sp³-hybridized carbons (Fsp3) is 0.267. The van der Waals surface area contributed by atoms with Gasteiger partial charge in [-0.05, 0) is 24.6 Å². The molecular weight excluding hydrogens is 260 g/mol. The summed E-state index contributed by atoms with van der Waals surface area (Å²) < 4.78 is 11.0. The van der Waals surface area contributed by atoms with E-state index >= 15 is 0 Å². The molecule has 2 rings (SSSR count). The monoisotopic (exact) mass is 276 g/mol. The Hall–Kier alpha value is -1.81. The standard InChI is InChI=1S/C15H16O3S/c1-3-15-11(8-12(9-16)19-15)10-18-14-7-5-4-6-13(14)17-2/h4-9H,3,10H2,1-2H3. The highest BCUT2D eigenvalue weighted by atomic mass is 32.1. The number of benzene rings is 1. The van der Waals surface area contributed by atoms with E-state index in [0.717, 1.165) is 23.1 Å². The van der Waals surface area contributed by atoms with E-state index in [9.17, 15) is 4.79 Å². The van der Waals surface area contributed by atoms with E-state index in [0.29, 0.717) is 18.1 Å². The minimum atomic E-state index is 0.452. The van der Waals surface area contributed by atoms with Crippen LogP contribution in [0.15, 0.2) is 30.3 Å². The van der Waals surface area contributed by atoms with Crippen LogP contribution in [0.4, 0.5) is 0 Å². The minimum absolute atomic E-state index is 0.452. The predicted molar refractivity (Wildman–Crippen MR) is 76.4 cm³/mol. The lowest BCUT2D eigenvalue weighted by Gasteiger charge is -2.10. The summed E-state index contributed by atoms with van der Waals surface area (Å²) in [6.45, 7) is 2.53. The molecule has 4 heteroatoms. The molecule has 0 saturated carbocycles. The zero-order valence-electron chi connectivity index (χ0n) is 11.0. The lowest BCUT2D eigenvalue weighted by molar-refractivity contribution is 0.112. The summed E-state index contributed by atoms with van der Waals surface area (Å²) in [6, 6.07) is 9.44. The fourth-order valence-electron chi connectivity index (χ4n) is 1.86. The molecule has 0 N–H and O–H groups in total. The van der Waals surface area contributed by atoms with Crippen molar-refractivity contribution in [3.63, 3.8) is 0 Å². The van der Waals surface area contributed by atoms with Crippen molar-refractivity contribution in [2.24, 2.45) is 0 Å². The van der Waals surface area contributed by atoms with Crippen molar-refractivity contribution in [2.75, 3.05) is 7.11 Å². The van der Waals surface area contributed by atoms with Gasteiger partial charge in [0, 0.05) is 10.4 Å². The van der Waals surface area contributed by atoms with Gasteiger partial charge in [-0.15, -0.1) is 11.3 Å². The second kappa shape index (κ2) is 6.38. The summed E-state index contributed by atoms with van der Waals surface area (Å²) in [7, 11) is 1.62. The second-order valence-electron chi connectivity index (χ2n) is 4.01. The molecule has 100 valence electrons. The summed E-state index contributed by atoms with van der Waals surface area (Å²) in [5.41, 5.74) is 1.07. The van der Waals surface area contributed by atoms with E-state index in [2.05, 4.69) is 6.92 Å². The van der Waals surface area contributed by atoms with E-state index in [1.807, 2.05) is 30.3 Å². The average Bonchev–Trinajstić information content (AvgIpc) is 2.87. The third-order valence-corrected chi connectivity index (χ3v) is 4.05. The Kier molecular flexibility index (Phi) is 4.58. The normalized spacial score (nSPS) is 10.2. The maximum absolute atomic E-state index is 10.8. The number of aldehydes is 1. The fourth-order valence-corrected chi connectivity index (χ4v) is 2.79. The van der Waals surface area contributed by atoms with Crippen molar-refractivity contribution in [3.8, 4) is 11.5 Å². The molecular formula is C15H16O3S. The molecule has 0 bridgehead atoms. The molecule has 0 atom stereocenters. The van der Waals surface area contributed by atoms with Crippen molar-refractivity contribution < 1.29 is 14.3 Å². The largest absolute Gasteiger partial charge is 0.493 e. The van der Waals surface area contributed by atoms with Crippen LogP contribution < -0.4 is 9.47 Å². The summed E-state index contributed by atoms with van der Waals surface area (Å²) >= 11 is 1.53. The van der Waals surface area contributed by atoms with Gasteiger partial charge >= 0.3 is 0 Å². The molecule has 0 aliphatic rings. The Morgan fingerprint density at radius 3 is 2.63 bits per heavy atom. The Morgan fingerprint density at radius 2 is 2.00 bits per heavy atom. The van der Waals surface area contributed by atoms with Gasteiger partial charge in [0.2, 0.25) is 0 Å². The number of hydrogen-bond donors (Lipinski definition) is 0. The number of hydrogen-bond acceptors (Lipinski definition) is 4. The maximum atomic E-state index is 10.8. The number of thiophene rings is 1. The number of aryl methyl sites for hydroxylation is 1. The van der Waals surface area contributed by atoms with E-state index in [1.165, 1.54) is 16.2 Å². The Bertz CT molecular complexity index is 560. The highest BCUT2D eigenvalue weighted by molar-refractivity contribution is 7.13. The smallest absolute Gasteiger partial charge is 0.161 e. The lowest BCUT2D eigenvalue weighted by Crippen LogP contribution is -1.98. The number of rotatable bonds is 6. The van der Waals surface area contributed by atoms with Gasteiger partial charge in [0.15, 0.2) is 17.8 Å². The summed E-state index contributed by atoms with van der Waals surface area (Å²) in [5.74, 6) is 1.43. The summed E-state index contributed by atoms with van der Waals surface area (Å²) in [6.07, 6.45) is 1.79. The molecule has 0 radical (unpaired) electrons. The molecule has 1 heterocycles. The Morgan fingerprint density at radius 1 is 1.26 bits per heavy atom. The molecule has 0 aliphatic carbocycles. The van der Waals surface area contributed by atoms with Gasteiger partial charge in [-0.2, -0.15) is 0 Å². The van der Waals surface area contributed by atoms with Crippen LogP contribution >= 0.6 is 11.3 Å². The van der Waals surface area contributed by atoms with Crippen molar-refractivity contribution in [2.45, 2.75) is 20.0 Å². The molecule has 0 fully saturated rings. The SMILES string of the molecule is CCc1sc(C=O)cc1COc1ccccc1OC. The molecule has 0 amide bonds. The number of para-hydroxylation sites is 2. The van der Waals surface area contributed by atoms with Crippen LogP contribution in [0.1, 0.15) is 27.0 Å². The molecule has 2 aromatic rings. The van der Waals surface area contributed by atoms with Crippen molar-refractivity contribution in [1.29, 1.82) is 0 Å². The van der Waals surface area contributed by atoms with Crippen LogP contribution in [0.3, 0.4) is 0 Å². The predicted octanol–water partition coefficient (Wildman–Crippen LogP) is 3.71. The molecule has 0 spiro atoms.